The van der Waals surface area contributed by atoms with E-state index in [0.29, 0.717) is 0 Å². The fourth-order valence-electron chi connectivity index (χ4n) is 6.07. The number of aromatic nitrogens is 1. The summed E-state index contributed by atoms with van der Waals surface area (Å²) in [6.45, 7) is 4.11. The molecule has 6 heteroatoms. The molecule has 1 aromatic heterocycles. The van der Waals surface area contributed by atoms with Gasteiger partial charge in [0.05, 0.1) is 21.1 Å². The van der Waals surface area contributed by atoms with Crippen molar-refractivity contribution in [3.63, 3.8) is 0 Å². The second-order valence-electron chi connectivity index (χ2n) is 10.4. The van der Waals surface area contributed by atoms with Gasteiger partial charge >= 0.3 is 0 Å². The molecule has 0 saturated carbocycles. The molecule has 192 valence electrons. The molecule has 0 radical (unpaired) electrons. The molecule has 0 N–H and O–H groups in total. The van der Waals surface area contributed by atoms with Gasteiger partial charge in [-0.3, -0.25) is 0 Å². The highest BCUT2D eigenvalue weighted by Gasteiger charge is 2.37. The van der Waals surface area contributed by atoms with Crippen LogP contribution in [0.25, 0.3) is 49.7 Å². The van der Waals surface area contributed by atoms with Gasteiger partial charge in [0.2, 0.25) is 0 Å². The zero-order chi connectivity index (χ0) is 27.2. The van der Waals surface area contributed by atoms with Crippen LogP contribution in [0.1, 0.15) is 25.0 Å². The summed E-state index contributed by atoms with van der Waals surface area (Å²) in [5, 5.41) is 2.22. The van der Waals surface area contributed by atoms with Crippen LogP contribution >= 0.6 is 15.9 Å². The van der Waals surface area contributed by atoms with Crippen LogP contribution in [0.3, 0.4) is 0 Å². The van der Waals surface area contributed by atoms with Gasteiger partial charge in [0.1, 0.15) is 0 Å². The van der Waals surface area contributed by atoms with Crippen LogP contribution in [-0.2, 0) is 5.41 Å². The minimum Gasteiger partial charge on any atom is -0.309 e. The van der Waals surface area contributed by atoms with Gasteiger partial charge in [-0.05, 0) is 80.1 Å². The lowest BCUT2D eigenvalue weighted by Crippen LogP contribution is -2.15. The maximum Gasteiger partial charge on any atom is 0.176 e. The predicted molar refractivity (Wildman–Crippen MR) is 151 cm³/mol. The van der Waals surface area contributed by atoms with Crippen molar-refractivity contribution < 1.29 is 17.6 Å². The summed E-state index contributed by atoms with van der Waals surface area (Å²) in [5.74, 6) is -5.77. The van der Waals surface area contributed by atoms with Crippen LogP contribution in [0.2, 0.25) is 0 Å². The van der Waals surface area contributed by atoms with Crippen LogP contribution in [0.4, 0.5) is 17.6 Å². The number of para-hydroxylation sites is 2. The molecular formula is C33H20BrF4N. The number of hydrogen-bond acceptors (Lipinski definition) is 0. The Balaban J connectivity index is 1.50. The summed E-state index contributed by atoms with van der Waals surface area (Å²) < 4.78 is 59.9. The summed E-state index contributed by atoms with van der Waals surface area (Å²) in [4.78, 5) is 0. The number of fused-ring (bicyclic) bond motifs is 6. The van der Waals surface area contributed by atoms with Crippen LogP contribution in [0.15, 0.2) is 89.4 Å². The van der Waals surface area contributed by atoms with Crippen molar-refractivity contribution in [1.82, 2.24) is 4.57 Å². The topological polar surface area (TPSA) is 4.93 Å². The van der Waals surface area contributed by atoms with E-state index >= 15 is 0 Å². The molecule has 0 saturated heterocycles. The van der Waals surface area contributed by atoms with Gasteiger partial charge < -0.3 is 4.57 Å². The first-order chi connectivity index (χ1) is 18.7. The zero-order valence-corrected chi connectivity index (χ0v) is 22.5. The fourth-order valence-corrected chi connectivity index (χ4v) is 6.41. The van der Waals surface area contributed by atoms with E-state index in [1.165, 1.54) is 6.07 Å². The predicted octanol–water partition coefficient (Wildman–Crippen LogP) is 10.1. The third-order valence-electron chi connectivity index (χ3n) is 7.98. The minimum absolute atomic E-state index is 0.0822. The van der Waals surface area contributed by atoms with Crippen LogP contribution in [-0.4, -0.2) is 4.57 Å². The molecule has 0 amide bonds. The Bertz CT molecular complexity index is 1960. The molecule has 1 aliphatic rings. The number of rotatable bonds is 2. The van der Waals surface area contributed by atoms with Gasteiger partial charge in [0.15, 0.2) is 23.3 Å². The first-order valence-corrected chi connectivity index (χ1v) is 13.3. The molecule has 1 heterocycles. The van der Waals surface area contributed by atoms with E-state index in [4.69, 9.17) is 0 Å². The first kappa shape index (κ1) is 24.2. The Morgan fingerprint density at radius 2 is 1.26 bits per heavy atom. The summed E-state index contributed by atoms with van der Waals surface area (Å²) in [6, 6.07) is 27.8. The lowest BCUT2D eigenvalue weighted by molar-refractivity contribution is 0.451. The normalized spacial score (nSPS) is 13.7. The van der Waals surface area contributed by atoms with Crippen LogP contribution < -0.4 is 0 Å². The van der Waals surface area contributed by atoms with Crippen molar-refractivity contribution in [3.8, 4) is 27.9 Å². The van der Waals surface area contributed by atoms with Gasteiger partial charge in [-0.1, -0.05) is 62.4 Å². The largest absolute Gasteiger partial charge is 0.309 e. The molecule has 0 atom stereocenters. The third-order valence-corrected chi connectivity index (χ3v) is 8.68. The van der Waals surface area contributed by atoms with Crippen LogP contribution in [0.5, 0.6) is 0 Å². The number of halogens is 5. The average molecular weight is 586 g/mol. The first-order valence-electron chi connectivity index (χ1n) is 12.5. The van der Waals surface area contributed by atoms with E-state index in [-0.39, 0.29) is 5.56 Å². The Hall–Kier alpha value is -3.90. The van der Waals surface area contributed by atoms with E-state index < -0.39 is 38.7 Å². The monoisotopic (exact) mass is 585 g/mol. The molecule has 1 aliphatic carbocycles. The number of benzene rings is 5. The van der Waals surface area contributed by atoms with Crippen molar-refractivity contribution in [2.24, 2.45) is 0 Å². The van der Waals surface area contributed by atoms with E-state index in [2.05, 4.69) is 70.7 Å². The van der Waals surface area contributed by atoms with E-state index in [1.54, 1.807) is 12.1 Å². The third kappa shape index (κ3) is 3.24. The molecule has 0 spiro atoms. The molecule has 0 unspecified atom stereocenters. The summed E-state index contributed by atoms with van der Waals surface area (Å²) in [6.07, 6.45) is 0. The highest BCUT2D eigenvalue weighted by Crippen LogP contribution is 2.52. The number of hydrogen-bond donors (Lipinski definition) is 0. The van der Waals surface area contributed by atoms with Gasteiger partial charge in [-0.25, -0.2) is 17.6 Å². The maximum atomic E-state index is 14.9. The van der Waals surface area contributed by atoms with Crippen molar-refractivity contribution in [2.75, 3.05) is 0 Å². The quantitative estimate of drug-likeness (QED) is 0.108. The highest BCUT2D eigenvalue weighted by molar-refractivity contribution is 9.10. The average Bonchev–Trinajstić information content (AvgIpc) is 3.39. The van der Waals surface area contributed by atoms with E-state index in [1.807, 2.05) is 30.3 Å². The number of nitrogens with zero attached hydrogens (tertiary/aromatic N) is 1. The van der Waals surface area contributed by atoms with Crippen molar-refractivity contribution >= 4 is 37.7 Å². The van der Waals surface area contributed by atoms with E-state index in [9.17, 15) is 17.6 Å². The molecule has 7 rings (SSSR count). The molecule has 6 aromatic rings. The molecule has 39 heavy (non-hydrogen) atoms. The molecular weight excluding hydrogens is 566 g/mol. The van der Waals surface area contributed by atoms with Gasteiger partial charge in [0, 0.05) is 21.9 Å². The van der Waals surface area contributed by atoms with Crippen LogP contribution in [0, 0.1) is 23.3 Å². The van der Waals surface area contributed by atoms with E-state index in [0.717, 1.165) is 49.7 Å². The standard InChI is InChI=1S/C33H20BrF4N/c1-33(2)23-14-17(27-29(35)31(37)28(34)32(38)30(27)36)12-13-19(23)21-16-26-22(15-24(21)33)20-10-6-7-11-25(20)39(26)18-8-4-3-5-9-18/h3-16H,1-2H3. The lowest BCUT2D eigenvalue weighted by Gasteiger charge is -2.22. The molecule has 5 aromatic carbocycles. The highest BCUT2D eigenvalue weighted by atomic mass is 79.9. The molecule has 0 aliphatic heterocycles. The summed E-state index contributed by atoms with van der Waals surface area (Å²) >= 11 is 2.60. The molecule has 0 bridgehead atoms. The summed E-state index contributed by atoms with van der Waals surface area (Å²) in [7, 11) is 0. The maximum absolute atomic E-state index is 14.9. The van der Waals surface area contributed by atoms with Gasteiger partial charge in [-0.2, -0.15) is 0 Å². The Morgan fingerprint density at radius 3 is 1.97 bits per heavy atom. The Kier molecular flexibility index (Phi) is 5.14. The second kappa shape index (κ2) is 8.30. The fraction of sp³-hybridized carbons (Fsp3) is 0.0909. The van der Waals surface area contributed by atoms with Crippen molar-refractivity contribution in [2.45, 2.75) is 19.3 Å². The lowest BCUT2D eigenvalue weighted by atomic mass is 9.81. The minimum atomic E-state index is -1.46. The van der Waals surface area contributed by atoms with Gasteiger partial charge in [-0.15, -0.1) is 0 Å². The zero-order valence-electron chi connectivity index (χ0n) is 20.9. The molecule has 1 nitrogen and oxygen atoms in total. The smallest absolute Gasteiger partial charge is 0.176 e. The van der Waals surface area contributed by atoms with Crippen molar-refractivity contribution in [1.29, 1.82) is 0 Å². The van der Waals surface area contributed by atoms with Gasteiger partial charge in [0.25, 0.3) is 0 Å². The Morgan fingerprint density at radius 1 is 0.615 bits per heavy atom. The summed E-state index contributed by atoms with van der Waals surface area (Å²) in [5.41, 5.74) is 5.88. The Labute approximate surface area is 230 Å². The molecule has 0 fully saturated rings. The van der Waals surface area contributed by atoms with Crippen molar-refractivity contribution in [3.05, 3.63) is 124 Å². The SMILES string of the molecule is CC1(C)c2cc(-c3c(F)c(F)c(Br)c(F)c3F)ccc2-c2cc3c(cc21)c1ccccc1n3-c1ccccc1. The second-order valence-corrected chi connectivity index (χ2v) is 11.2.